The van der Waals surface area contributed by atoms with Gasteiger partial charge in [0.15, 0.2) is 0 Å². The SMILES string of the molecule is CC(C)(CO)CNc1ccc2c(c1)CCCS2. The Morgan fingerprint density at radius 3 is 3.00 bits per heavy atom. The van der Waals surface area contributed by atoms with E-state index in [0.29, 0.717) is 0 Å². The van der Waals surface area contributed by atoms with Crippen LogP contribution in [0.2, 0.25) is 0 Å². The fourth-order valence-corrected chi connectivity index (χ4v) is 2.89. The van der Waals surface area contributed by atoms with Gasteiger partial charge in [0.05, 0.1) is 0 Å². The Balaban J connectivity index is 2.02. The Labute approximate surface area is 108 Å². The number of benzene rings is 1. The fourth-order valence-electron chi connectivity index (χ4n) is 1.87. The number of hydrogen-bond acceptors (Lipinski definition) is 3. The molecule has 1 aliphatic rings. The highest BCUT2D eigenvalue weighted by Crippen LogP contribution is 2.31. The monoisotopic (exact) mass is 251 g/mol. The molecule has 0 atom stereocenters. The zero-order valence-electron chi connectivity index (χ0n) is 10.6. The van der Waals surface area contributed by atoms with E-state index in [1.165, 1.54) is 34.7 Å². The van der Waals surface area contributed by atoms with E-state index in [-0.39, 0.29) is 12.0 Å². The summed E-state index contributed by atoms with van der Waals surface area (Å²) < 4.78 is 0. The zero-order valence-corrected chi connectivity index (χ0v) is 11.4. The van der Waals surface area contributed by atoms with Crippen LogP contribution in [0.15, 0.2) is 23.1 Å². The van der Waals surface area contributed by atoms with Crippen molar-refractivity contribution in [1.82, 2.24) is 0 Å². The number of aliphatic hydroxyl groups is 1. The van der Waals surface area contributed by atoms with Gasteiger partial charge in [-0.05, 0) is 42.4 Å². The van der Waals surface area contributed by atoms with Crippen LogP contribution in [0.25, 0.3) is 0 Å². The molecule has 94 valence electrons. The van der Waals surface area contributed by atoms with Crippen molar-refractivity contribution in [3.05, 3.63) is 23.8 Å². The van der Waals surface area contributed by atoms with Gasteiger partial charge in [-0.2, -0.15) is 0 Å². The maximum atomic E-state index is 9.22. The van der Waals surface area contributed by atoms with Crippen molar-refractivity contribution in [2.24, 2.45) is 5.41 Å². The van der Waals surface area contributed by atoms with Gasteiger partial charge < -0.3 is 10.4 Å². The summed E-state index contributed by atoms with van der Waals surface area (Å²) in [6.07, 6.45) is 2.48. The van der Waals surface area contributed by atoms with Crippen LogP contribution < -0.4 is 5.32 Å². The van der Waals surface area contributed by atoms with Gasteiger partial charge in [0.1, 0.15) is 0 Å². The molecule has 3 heteroatoms. The molecule has 0 spiro atoms. The van der Waals surface area contributed by atoms with E-state index in [1.807, 2.05) is 11.8 Å². The third-order valence-electron chi connectivity index (χ3n) is 3.11. The van der Waals surface area contributed by atoms with Crippen molar-refractivity contribution in [3.63, 3.8) is 0 Å². The van der Waals surface area contributed by atoms with Gasteiger partial charge in [0, 0.05) is 29.1 Å². The summed E-state index contributed by atoms with van der Waals surface area (Å²) in [6.45, 7) is 5.14. The van der Waals surface area contributed by atoms with E-state index in [2.05, 4.69) is 37.4 Å². The van der Waals surface area contributed by atoms with Gasteiger partial charge >= 0.3 is 0 Å². The summed E-state index contributed by atoms with van der Waals surface area (Å²) in [5, 5.41) is 12.6. The predicted octanol–water partition coefficient (Wildman–Crippen LogP) is 3.16. The lowest BCUT2D eigenvalue weighted by Crippen LogP contribution is -2.26. The first-order chi connectivity index (χ1) is 8.11. The van der Waals surface area contributed by atoms with E-state index < -0.39 is 0 Å². The average Bonchev–Trinajstić information content (AvgIpc) is 2.36. The highest BCUT2D eigenvalue weighted by molar-refractivity contribution is 7.99. The molecule has 0 bridgehead atoms. The number of rotatable bonds is 4. The normalized spacial score (nSPS) is 15.5. The minimum absolute atomic E-state index is 0.0648. The Morgan fingerprint density at radius 2 is 2.24 bits per heavy atom. The van der Waals surface area contributed by atoms with Gasteiger partial charge in [0.2, 0.25) is 0 Å². The largest absolute Gasteiger partial charge is 0.396 e. The number of fused-ring (bicyclic) bond motifs is 1. The topological polar surface area (TPSA) is 32.3 Å². The lowest BCUT2D eigenvalue weighted by molar-refractivity contribution is 0.171. The van der Waals surface area contributed by atoms with Crippen molar-refractivity contribution < 1.29 is 5.11 Å². The second-order valence-corrected chi connectivity index (χ2v) is 6.59. The van der Waals surface area contributed by atoms with E-state index in [1.54, 1.807) is 0 Å². The van der Waals surface area contributed by atoms with E-state index in [9.17, 15) is 5.11 Å². The summed E-state index contributed by atoms with van der Waals surface area (Å²) in [6, 6.07) is 6.62. The molecule has 0 saturated carbocycles. The van der Waals surface area contributed by atoms with Gasteiger partial charge in [-0.25, -0.2) is 0 Å². The van der Waals surface area contributed by atoms with Crippen molar-refractivity contribution in [2.45, 2.75) is 31.6 Å². The highest BCUT2D eigenvalue weighted by atomic mass is 32.2. The maximum Gasteiger partial charge on any atom is 0.0498 e. The summed E-state index contributed by atoms with van der Waals surface area (Å²) in [5.41, 5.74) is 2.57. The van der Waals surface area contributed by atoms with Crippen LogP contribution in [0.5, 0.6) is 0 Å². The number of aryl methyl sites for hydroxylation is 1. The third kappa shape index (κ3) is 3.39. The number of thioether (sulfide) groups is 1. The van der Waals surface area contributed by atoms with Crippen LogP contribution in [0.1, 0.15) is 25.8 Å². The summed E-state index contributed by atoms with van der Waals surface area (Å²) in [7, 11) is 0. The molecular formula is C14H21NOS. The van der Waals surface area contributed by atoms with E-state index >= 15 is 0 Å². The maximum absolute atomic E-state index is 9.22. The first-order valence-electron chi connectivity index (χ1n) is 6.21. The second kappa shape index (κ2) is 5.32. The molecule has 17 heavy (non-hydrogen) atoms. The minimum atomic E-state index is -0.0648. The quantitative estimate of drug-likeness (QED) is 0.862. The van der Waals surface area contributed by atoms with Crippen molar-refractivity contribution in [1.29, 1.82) is 0 Å². The molecule has 1 aromatic rings. The minimum Gasteiger partial charge on any atom is -0.396 e. The van der Waals surface area contributed by atoms with Crippen LogP contribution in [0.3, 0.4) is 0 Å². The van der Waals surface area contributed by atoms with E-state index in [0.717, 1.165) is 6.54 Å². The Bertz CT molecular complexity index is 390. The van der Waals surface area contributed by atoms with Crippen molar-refractivity contribution in [2.75, 3.05) is 24.2 Å². The molecule has 2 rings (SSSR count). The molecular weight excluding hydrogens is 230 g/mol. The smallest absolute Gasteiger partial charge is 0.0498 e. The van der Waals surface area contributed by atoms with Gasteiger partial charge in [0.25, 0.3) is 0 Å². The first-order valence-corrected chi connectivity index (χ1v) is 7.20. The van der Waals surface area contributed by atoms with E-state index in [4.69, 9.17) is 0 Å². The molecule has 1 aliphatic heterocycles. The van der Waals surface area contributed by atoms with Crippen molar-refractivity contribution in [3.8, 4) is 0 Å². The molecule has 1 heterocycles. The van der Waals surface area contributed by atoms with Gasteiger partial charge in [-0.1, -0.05) is 13.8 Å². The molecule has 0 fully saturated rings. The van der Waals surface area contributed by atoms with Crippen molar-refractivity contribution >= 4 is 17.4 Å². The van der Waals surface area contributed by atoms with Gasteiger partial charge in [-0.15, -0.1) is 11.8 Å². The molecule has 2 nitrogen and oxygen atoms in total. The Morgan fingerprint density at radius 1 is 1.41 bits per heavy atom. The molecule has 2 N–H and O–H groups in total. The highest BCUT2D eigenvalue weighted by Gasteiger charge is 2.16. The molecule has 0 radical (unpaired) electrons. The van der Waals surface area contributed by atoms with Gasteiger partial charge in [-0.3, -0.25) is 0 Å². The van der Waals surface area contributed by atoms with Crippen LogP contribution in [0.4, 0.5) is 5.69 Å². The number of nitrogens with one attached hydrogen (secondary N) is 1. The number of anilines is 1. The molecule has 0 saturated heterocycles. The molecule has 0 unspecified atom stereocenters. The predicted molar refractivity (Wildman–Crippen MR) is 74.8 cm³/mol. The third-order valence-corrected chi connectivity index (χ3v) is 4.31. The summed E-state index contributed by atoms with van der Waals surface area (Å²) in [5.74, 6) is 1.25. The lowest BCUT2D eigenvalue weighted by Gasteiger charge is -2.23. The number of hydrogen-bond donors (Lipinski definition) is 2. The Kier molecular flexibility index (Phi) is 4.00. The zero-order chi connectivity index (χ0) is 12.3. The molecule has 0 aliphatic carbocycles. The van der Waals surface area contributed by atoms with Crippen LogP contribution in [-0.2, 0) is 6.42 Å². The first kappa shape index (κ1) is 12.8. The lowest BCUT2D eigenvalue weighted by atomic mass is 9.95. The number of aliphatic hydroxyl groups excluding tert-OH is 1. The average molecular weight is 251 g/mol. The second-order valence-electron chi connectivity index (χ2n) is 5.45. The Hall–Kier alpha value is -0.670. The standard InChI is InChI=1S/C14H21NOS/c1-14(2,10-16)9-15-12-5-6-13-11(8-12)4-3-7-17-13/h5-6,8,15-16H,3-4,7,9-10H2,1-2H3. The molecule has 0 amide bonds. The van der Waals surface area contributed by atoms with Crippen LogP contribution >= 0.6 is 11.8 Å². The summed E-state index contributed by atoms with van der Waals surface area (Å²) in [4.78, 5) is 1.43. The molecule has 1 aromatic carbocycles. The van der Waals surface area contributed by atoms with Crippen LogP contribution in [-0.4, -0.2) is 24.0 Å². The fraction of sp³-hybridized carbons (Fsp3) is 0.571. The molecule has 0 aromatic heterocycles. The van der Waals surface area contributed by atoms with Crippen LogP contribution in [0, 0.1) is 5.41 Å². The summed E-state index contributed by atoms with van der Waals surface area (Å²) >= 11 is 1.96.